The second kappa shape index (κ2) is 5.97. The van der Waals surface area contributed by atoms with Gasteiger partial charge >= 0.3 is 5.97 Å². The number of nitrogens with two attached hydrogens (primary N) is 1. The van der Waals surface area contributed by atoms with Crippen molar-refractivity contribution in [3.8, 4) is 0 Å². The lowest BCUT2D eigenvalue weighted by molar-refractivity contribution is -0.155. The molecule has 0 aliphatic carbocycles. The van der Waals surface area contributed by atoms with Crippen LogP contribution in [0.25, 0.3) is 0 Å². The molecule has 0 unspecified atom stereocenters. The maximum absolute atomic E-state index is 11.0. The van der Waals surface area contributed by atoms with Crippen molar-refractivity contribution < 1.29 is 14.4 Å². The fraction of sp³-hybridized carbons (Fsp3) is 0.875. The predicted molar refractivity (Wildman–Crippen MR) is 45.1 cm³/mol. The predicted octanol–water partition coefficient (Wildman–Crippen LogP) is 0.854. The minimum Gasteiger partial charge on any atom is -0.467 e. The van der Waals surface area contributed by atoms with E-state index in [1.165, 1.54) is 7.11 Å². The second-order valence-electron chi connectivity index (χ2n) is 2.90. The summed E-state index contributed by atoms with van der Waals surface area (Å²) in [6.45, 7) is 4.09. The number of esters is 1. The van der Waals surface area contributed by atoms with Gasteiger partial charge in [0.05, 0.1) is 7.11 Å². The molecule has 0 amide bonds. The molecule has 72 valence electrons. The molecule has 0 aromatic heterocycles. The number of carbonyl (C=O) groups is 1. The molecule has 0 saturated heterocycles. The van der Waals surface area contributed by atoms with E-state index in [0.717, 1.165) is 6.42 Å². The Kier molecular flexibility index (Phi) is 5.66. The van der Waals surface area contributed by atoms with E-state index in [1.807, 2.05) is 6.92 Å². The van der Waals surface area contributed by atoms with Gasteiger partial charge in [0.2, 0.25) is 0 Å². The van der Waals surface area contributed by atoms with Crippen LogP contribution in [0.5, 0.6) is 0 Å². The lowest BCUT2D eigenvalue weighted by Crippen LogP contribution is -2.30. The minimum absolute atomic E-state index is 0.405. The van der Waals surface area contributed by atoms with Crippen molar-refractivity contribution in [1.82, 2.24) is 0 Å². The van der Waals surface area contributed by atoms with E-state index in [2.05, 4.69) is 16.5 Å². The number of rotatable bonds is 5. The van der Waals surface area contributed by atoms with Crippen LogP contribution < -0.4 is 5.90 Å². The highest BCUT2D eigenvalue weighted by Crippen LogP contribution is 2.12. The van der Waals surface area contributed by atoms with Gasteiger partial charge < -0.3 is 4.74 Å². The Morgan fingerprint density at radius 2 is 2.17 bits per heavy atom. The highest BCUT2D eigenvalue weighted by molar-refractivity contribution is 5.74. The zero-order valence-electron chi connectivity index (χ0n) is 7.87. The molecule has 0 rings (SSSR count). The maximum atomic E-state index is 11.0. The molecule has 4 heteroatoms. The van der Waals surface area contributed by atoms with Gasteiger partial charge in [-0.15, -0.1) is 0 Å². The normalized spacial score (nSPS) is 15.3. The Bertz CT molecular complexity index is 138. The molecule has 0 aliphatic rings. The molecule has 4 nitrogen and oxygen atoms in total. The number of ether oxygens (including phenoxy) is 1. The van der Waals surface area contributed by atoms with E-state index < -0.39 is 12.1 Å². The Labute approximate surface area is 73.0 Å². The summed E-state index contributed by atoms with van der Waals surface area (Å²) >= 11 is 0. The van der Waals surface area contributed by atoms with E-state index in [1.54, 1.807) is 0 Å². The van der Waals surface area contributed by atoms with Gasteiger partial charge in [-0.2, -0.15) is 0 Å². The van der Waals surface area contributed by atoms with Crippen molar-refractivity contribution in [3.63, 3.8) is 0 Å². The van der Waals surface area contributed by atoms with Crippen LogP contribution in [-0.2, 0) is 14.4 Å². The standard InChI is InChI=1S/C8H17NO3/c1-4-6(2)5-7(12-9)8(10)11-3/h6-7H,4-5,9H2,1-3H3/t6-,7-/m1/s1. The summed E-state index contributed by atoms with van der Waals surface area (Å²) in [6.07, 6.45) is 0.987. The number of methoxy groups -OCH3 is 1. The summed E-state index contributed by atoms with van der Waals surface area (Å²) in [6, 6.07) is 0. The zero-order valence-corrected chi connectivity index (χ0v) is 7.87. The average molecular weight is 175 g/mol. The van der Waals surface area contributed by atoms with Crippen molar-refractivity contribution in [1.29, 1.82) is 0 Å². The van der Waals surface area contributed by atoms with Crippen molar-refractivity contribution in [2.45, 2.75) is 32.8 Å². The third kappa shape index (κ3) is 3.69. The molecule has 12 heavy (non-hydrogen) atoms. The Morgan fingerprint density at radius 3 is 2.50 bits per heavy atom. The SMILES string of the molecule is CC[C@@H](C)C[C@@H](ON)C(=O)OC. The van der Waals surface area contributed by atoms with Gasteiger partial charge in [-0.25, -0.2) is 10.7 Å². The van der Waals surface area contributed by atoms with Gasteiger partial charge in [-0.3, -0.25) is 4.84 Å². The molecule has 2 atom stereocenters. The van der Waals surface area contributed by atoms with Crippen LogP contribution in [0.2, 0.25) is 0 Å². The number of hydrogen-bond donors (Lipinski definition) is 1. The monoisotopic (exact) mass is 175 g/mol. The molecule has 0 saturated carbocycles. The van der Waals surface area contributed by atoms with Crippen LogP contribution in [0.15, 0.2) is 0 Å². The molecular formula is C8H17NO3. The van der Waals surface area contributed by atoms with E-state index in [9.17, 15) is 4.79 Å². The Hall–Kier alpha value is -0.610. The van der Waals surface area contributed by atoms with Crippen LogP contribution >= 0.6 is 0 Å². The van der Waals surface area contributed by atoms with E-state index in [4.69, 9.17) is 5.90 Å². The summed E-state index contributed by atoms with van der Waals surface area (Å²) in [4.78, 5) is 15.5. The number of carbonyl (C=O) groups excluding carboxylic acids is 1. The first-order valence-electron chi connectivity index (χ1n) is 4.09. The summed E-state index contributed by atoms with van der Waals surface area (Å²) in [5.41, 5.74) is 0. The molecule has 0 spiro atoms. The highest BCUT2D eigenvalue weighted by Gasteiger charge is 2.20. The first kappa shape index (κ1) is 11.4. The van der Waals surface area contributed by atoms with E-state index in [-0.39, 0.29) is 0 Å². The van der Waals surface area contributed by atoms with E-state index in [0.29, 0.717) is 12.3 Å². The van der Waals surface area contributed by atoms with Gasteiger partial charge in [-0.05, 0) is 12.3 Å². The Morgan fingerprint density at radius 1 is 1.58 bits per heavy atom. The molecule has 0 aliphatic heterocycles. The van der Waals surface area contributed by atoms with Crippen molar-refractivity contribution in [3.05, 3.63) is 0 Å². The molecule has 0 aromatic carbocycles. The van der Waals surface area contributed by atoms with E-state index >= 15 is 0 Å². The lowest BCUT2D eigenvalue weighted by Gasteiger charge is -2.15. The molecule has 2 N–H and O–H groups in total. The molecular weight excluding hydrogens is 158 g/mol. The molecule has 0 fully saturated rings. The van der Waals surface area contributed by atoms with Crippen LogP contribution in [0, 0.1) is 5.92 Å². The van der Waals surface area contributed by atoms with Crippen LogP contribution in [-0.4, -0.2) is 19.2 Å². The van der Waals surface area contributed by atoms with Crippen LogP contribution in [0.3, 0.4) is 0 Å². The summed E-state index contributed by atoms with van der Waals surface area (Å²) < 4.78 is 4.50. The average Bonchev–Trinajstić information content (AvgIpc) is 2.12. The number of hydrogen-bond acceptors (Lipinski definition) is 4. The summed E-state index contributed by atoms with van der Waals surface area (Å²) in [5, 5.41) is 0. The maximum Gasteiger partial charge on any atom is 0.337 e. The van der Waals surface area contributed by atoms with Crippen LogP contribution in [0.1, 0.15) is 26.7 Å². The first-order valence-corrected chi connectivity index (χ1v) is 4.09. The molecule has 0 bridgehead atoms. The molecule has 0 aromatic rings. The highest BCUT2D eigenvalue weighted by atomic mass is 16.6. The van der Waals surface area contributed by atoms with Crippen molar-refractivity contribution >= 4 is 5.97 Å². The minimum atomic E-state index is -0.620. The second-order valence-corrected chi connectivity index (χ2v) is 2.90. The largest absolute Gasteiger partial charge is 0.467 e. The summed E-state index contributed by atoms with van der Waals surface area (Å²) in [5.74, 6) is 4.96. The van der Waals surface area contributed by atoms with Gasteiger partial charge in [0, 0.05) is 0 Å². The third-order valence-electron chi connectivity index (χ3n) is 1.94. The molecule has 0 radical (unpaired) electrons. The first-order chi connectivity index (χ1) is 5.65. The quantitative estimate of drug-likeness (QED) is 0.497. The van der Waals surface area contributed by atoms with Gasteiger partial charge in [-0.1, -0.05) is 20.3 Å². The lowest BCUT2D eigenvalue weighted by atomic mass is 10.0. The third-order valence-corrected chi connectivity index (χ3v) is 1.94. The topological polar surface area (TPSA) is 61.5 Å². The smallest absolute Gasteiger partial charge is 0.337 e. The zero-order chi connectivity index (χ0) is 9.56. The Balaban J connectivity index is 3.90. The molecule has 0 heterocycles. The van der Waals surface area contributed by atoms with Gasteiger partial charge in [0.25, 0.3) is 0 Å². The fourth-order valence-electron chi connectivity index (χ4n) is 0.871. The van der Waals surface area contributed by atoms with Crippen LogP contribution in [0.4, 0.5) is 0 Å². The van der Waals surface area contributed by atoms with Crippen molar-refractivity contribution in [2.24, 2.45) is 11.8 Å². The van der Waals surface area contributed by atoms with Gasteiger partial charge in [0.15, 0.2) is 6.10 Å². The summed E-state index contributed by atoms with van der Waals surface area (Å²) in [7, 11) is 1.32. The van der Waals surface area contributed by atoms with Gasteiger partial charge in [0.1, 0.15) is 0 Å². The fourth-order valence-corrected chi connectivity index (χ4v) is 0.871. The van der Waals surface area contributed by atoms with Crippen molar-refractivity contribution in [2.75, 3.05) is 7.11 Å².